The number of hydrogen-bond acceptors (Lipinski definition) is 4. The first-order valence-electron chi connectivity index (χ1n) is 8.49. The lowest BCUT2D eigenvalue weighted by Crippen LogP contribution is -2.44. The third kappa shape index (κ3) is 4.44. The van der Waals surface area contributed by atoms with Crippen LogP contribution in [-0.2, 0) is 11.3 Å². The number of carbonyl (C=O) groups is 1. The SMILES string of the molecule is O=C(C1CCCNC1)N(Cc1ccccc1)CC(O)c1cccs1. The van der Waals surface area contributed by atoms with Gasteiger partial charge in [-0.1, -0.05) is 36.4 Å². The van der Waals surface area contributed by atoms with Gasteiger partial charge in [0.2, 0.25) is 5.91 Å². The van der Waals surface area contributed by atoms with E-state index in [1.165, 1.54) is 11.3 Å². The van der Waals surface area contributed by atoms with Crippen molar-refractivity contribution in [2.24, 2.45) is 5.92 Å². The van der Waals surface area contributed by atoms with Gasteiger partial charge in [-0.3, -0.25) is 4.79 Å². The summed E-state index contributed by atoms with van der Waals surface area (Å²) in [5.41, 5.74) is 1.09. The predicted octanol–water partition coefficient (Wildman–Crippen LogP) is 2.81. The molecule has 2 N–H and O–H groups in total. The largest absolute Gasteiger partial charge is 0.386 e. The Morgan fingerprint density at radius 2 is 2.12 bits per heavy atom. The van der Waals surface area contributed by atoms with Gasteiger partial charge in [0, 0.05) is 18.0 Å². The lowest BCUT2D eigenvalue weighted by Gasteiger charge is -2.31. The first kappa shape index (κ1) is 17.1. The van der Waals surface area contributed by atoms with E-state index < -0.39 is 6.10 Å². The van der Waals surface area contributed by atoms with Crippen LogP contribution < -0.4 is 5.32 Å². The lowest BCUT2D eigenvalue weighted by atomic mass is 9.97. The Kier molecular flexibility index (Phi) is 6.01. The summed E-state index contributed by atoms with van der Waals surface area (Å²) in [6.07, 6.45) is 1.32. The van der Waals surface area contributed by atoms with E-state index >= 15 is 0 Å². The molecular formula is C19H24N2O2S. The number of rotatable bonds is 6. The van der Waals surface area contributed by atoms with Gasteiger partial charge in [-0.25, -0.2) is 0 Å². The quantitative estimate of drug-likeness (QED) is 0.847. The number of nitrogens with one attached hydrogen (secondary N) is 1. The van der Waals surface area contributed by atoms with Gasteiger partial charge >= 0.3 is 0 Å². The van der Waals surface area contributed by atoms with E-state index in [-0.39, 0.29) is 11.8 Å². The minimum atomic E-state index is -0.630. The van der Waals surface area contributed by atoms with Gasteiger partial charge in [0.15, 0.2) is 0 Å². The molecule has 0 saturated carbocycles. The topological polar surface area (TPSA) is 52.6 Å². The standard InChI is InChI=1S/C19H24N2O2S/c22-17(18-9-5-11-24-18)14-21(13-15-6-2-1-3-7-15)19(23)16-8-4-10-20-12-16/h1-3,5-7,9,11,16-17,20,22H,4,8,10,12-14H2. The maximum Gasteiger partial charge on any atom is 0.227 e. The van der Waals surface area contributed by atoms with Gasteiger partial charge < -0.3 is 15.3 Å². The van der Waals surface area contributed by atoms with E-state index in [4.69, 9.17) is 0 Å². The third-order valence-corrected chi connectivity index (χ3v) is 5.41. The maximum atomic E-state index is 13.0. The Bertz CT molecular complexity index is 624. The molecule has 0 spiro atoms. The van der Waals surface area contributed by atoms with Crippen LogP contribution in [0, 0.1) is 5.92 Å². The van der Waals surface area contributed by atoms with E-state index in [0.717, 1.165) is 36.4 Å². The summed E-state index contributed by atoms with van der Waals surface area (Å²) in [7, 11) is 0. The van der Waals surface area contributed by atoms with E-state index in [9.17, 15) is 9.90 Å². The van der Waals surface area contributed by atoms with Crippen LogP contribution in [-0.4, -0.2) is 35.5 Å². The smallest absolute Gasteiger partial charge is 0.227 e. The summed E-state index contributed by atoms with van der Waals surface area (Å²) >= 11 is 1.53. The maximum absolute atomic E-state index is 13.0. The summed E-state index contributed by atoms with van der Waals surface area (Å²) in [6.45, 7) is 2.60. The molecule has 2 unspecified atom stereocenters. The van der Waals surface area contributed by atoms with E-state index in [0.29, 0.717) is 13.1 Å². The average molecular weight is 344 g/mol. The molecule has 3 rings (SSSR count). The molecule has 0 aliphatic carbocycles. The number of nitrogens with zero attached hydrogens (tertiary/aromatic N) is 1. The zero-order valence-corrected chi connectivity index (χ0v) is 14.5. The average Bonchev–Trinajstić information content (AvgIpc) is 3.17. The van der Waals surface area contributed by atoms with Gasteiger partial charge in [-0.2, -0.15) is 0 Å². The van der Waals surface area contributed by atoms with Crippen molar-refractivity contribution in [1.82, 2.24) is 10.2 Å². The molecule has 0 radical (unpaired) electrons. The monoisotopic (exact) mass is 344 g/mol. The molecule has 1 aromatic heterocycles. The lowest BCUT2D eigenvalue weighted by molar-refractivity contribution is -0.138. The van der Waals surface area contributed by atoms with E-state index in [2.05, 4.69) is 5.32 Å². The highest BCUT2D eigenvalue weighted by Gasteiger charge is 2.27. The molecule has 1 fully saturated rings. The molecule has 2 heterocycles. The zero-order valence-electron chi connectivity index (χ0n) is 13.7. The number of hydrogen-bond donors (Lipinski definition) is 2. The van der Waals surface area contributed by atoms with Gasteiger partial charge in [0.1, 0.15) is 6.10 Å². The summed E-state index contributed by atoms with van der Waals surface area (Å²) < 4.78 is 0. The molecule has 2 atom stereocenters. The Morgan fingerprint density at radius 3 is 2.79 bits per heavy atom. The Balaban J connectivity index is 1.73. The van der Waals surface area contributed by atoms with Crippen molar-refractivity contribution in [3.05, 3.63) is 58.3 Å². The van der Waals surface area contributed by atoms with E-state index in [1.807, 2.05) is 52.7 Å². The second-order valence-electron chi connectivity index (χ2n) is 6.28. The normalized spacial score (nSPS) is 19.0. The van der Waals surface area contributed by atoms with Crippen molar-refractivity contribution in [3.8, 4) is 0 Å². The number of aliphatic hydroxyl groups is 1. The highest BCUT2D eigenvalue weighted by Crippen LogP contribution is 2.23. The Morgan fingerprint density at radius 1 is 1.29 bits per heavy atom. The number of amides is 1. The van der Waals surface area contributed by atoms with Gasteiger partial charge in [-0.15, -0.1) is 11.3 Å². The van der Waals surface area contributed by atoms with E-state index in [1.54, 1.807) is 0 Å². The molecule has 4 nitrogen and oxygen atoms in total. The highest BCUT2D eigenvalue weighted by molar-refractivity contribution is 7.10. The van der Waals surface area contributed by atoms with Crippen LogP contribution in [0.2, 0.25) is 0 Å². The minimum Gasteiger partial charge on any atom is -0.386 e. The first-order chi connectivity index (χ1) is 11.7. The highest BCUT2D eigenvalue weighted by atomic mass is 32.1. The van der Waals surface area contributed by atoms with Gasteiger partial charge in [-0.05, 0) is 36.4 Å². The molecule has 1 aliphatic heterocycles. The molecule has 2 aromatic rings. The van der Waals surface area contributed by atoms with Crippen LogP contribution in [0.15, 0.2) is 47.8 Å². The molecule has 1 amide bonds. The van der Waals surface area contributed by atoms with Crippen LogP contribution in [0.25, 0.3) is 0 Å². The minimum absolute atomic E-state index is 0.0120. The predicted molar refractivity (Wildman–Crippen MR) is 96.7 cm³/mol. The molecule has 24 heavy (non-hydrogen) atoms. The molecule has 5 heteroatoms. The van der Waals surface area contributed by atoms with Crippen LogP contribution >= 0.6 is 11.3 Å². The van der Waals surface area contributed by atoms with Crippen LogP contribution in [0.1, 0.15) is 29.4 Å². The fraction of sp³-hybridized carbons (Fsp3) is 0.421. The summed E-state index contributed by atoms with van der Waals surface area (Å²) in [5.74, 6) is 0.152. The first-order valence-corrected chi connectivity index (χ1v) is 9.37. The molecular weight excluding hydrogens is 320 g/mol. The number of thiophene rings is 1. The number of carbonyl (C=O) groups excluding carboxylic acids is 1. The summed E-state index contributed by atoms with van der Waals surface area (Å²) in [4.78, 5) is 15.7. The van der Waals surface area contributed by atoms with Gasteiger partial charge in [0.25, 0.3) is 0 Å². The number of aliphatic hydroxyl groups excluding tert-OH is 1. The molecule has 1 saturated heterocycles. The van der Waals surface area contributed by atoms with Crippen molar-refractivity contribution in [2.45, 2.75) is 25.5 Å². The van der Waals surface area contributed by atoms with Crippen molar-refractivity contribution in [3.63, 3.8) is 0 Å². The molecule has 128 valence electrons. The second-order valence-corrected chi connectivity index (χ2v) is 7.26. The fourth-order valence-corrected chi connectivity index (χ4v) is 3.84. The van der Waals surface area contributed by atoms with Crippen LogP contribution in [0.3, 0.4) is 0 Å². The number of piperidine rings is 1. The molecule has 1 aliphatic rings. The molecule has 0 bridgehead atoms. The molecule has 1 aromatic carbocycles. The Hall–Kier alpha value is -1.69. The van der Waals surface area contributed by atoms with Crippen molar-refractivity contribution in [1.29, 1.82) is 0 Å². The second kappa shape index (κ2) is 8.42. The zero-order chi connectivity index (χ0) is 16.8. The summed E-state index contributed by atoms with van der Waals surface area (Å²) in [5, 5.41) is 15.8. The van der Waals surface area contributed by atoms with Crippen LogP contribution in [0.4, 0.5) is 0 Å². The van der Waals surface area contributed by atoms with Crippen molar-refractivity contribution in [2.75, 3.05) is 19.6 Å². The van der Waals surface area contributed by atoms with Crippen molar-refractivity contribution >= 4 is 17.2 Å². The van der Waals surface area contributed by atoms with Crippen LogP contribution in [0.5, 0.6) is 0 Å². The van der Waals surface area contributed by atoms with Gasteiger partial charge in [0.05, 0.1) is 12.5 Å². The summed E-state index contributed by atoms with van der Waals surface area (Å²) in [6, 6.07) is 13.8. The fourth-order valence-electron chi connectivity index (χ4n) is 3.14. The third-order valence-electron chi connectivity index (χ3n) is 4.44. The van der Waals surface area contributed by atoms with Crippen molar-refractivity contribution < 1.29 is 9.90 Å². The Labute approximate surface area is 147 Å². The number of benzene rings is 1.